The number of hydrogen-bond acceptors (Lipinski definition) is 0. The molecule has 1 saturated carbocycles. The zero-order valence-corrected chi connectivity index (χ0v) is 6.71. The molecule has 0 amide bonds. The van der Waals surface area contributed by atoms with Crippen molar-refractivity contribution in [2.45, 2.75) is 22.5 Å². The first kappa shape index (κ1) is 5.10. The standard InChI is InChI=1S/C4H6Br2/c1-4(6)2-3(4)5/h3H,2H2,1H3. The highest BCUT2D eigenvalue weighted by atomic mass is 79.9. The van der Waals surface area contributed by atoms with Crippen LogP contribution in [0.25, 0.3) is 0 Å². The molecular formula is C4H6Br2. The predicted molar refractivity (Wildman–Crippen MR) is 34.7 cm³/mol. The molecule has 0 aromatic rings. The molecular weight excluding hydrogens is 208 g/mol. The molecule has 1 rings (SSSR count). The van der Waals surface area contributed by atoms with Gasteiger partial charge >= 0.3 is 0 Å². The van der Waals surface area contributed by atoms with Gasteiger partial charge in [-0.25, -0.2) is 0 Å². The molecule has 0 spiro atoms. The fourth-order valence-electron chi connectivity index (χ4n) is 0.291. The average molecular weight is 214 g/mol. The largest absolute Gasteiger partial charge is 0.0875 e. The van der Waals surface area contributed by atoms with Crippen LogP contribution in [0, 0.1) is 0 Å². The van der Waals surface area contributed by atoms with E-state index in [9.17, 15) is 0 Å². The molecule has 6 heavy (non-hydrogen) atoms. The van der Waals surface area contributed by atoms with Crippen LogP contribution in [0.4, 0.5) is 0 Å². The molecule has 0 saturated heterocycles. The lowest BCUT2D eigenvalue weighted by molar-refractivity contribution is 1.09. The molecule has 0 aliphatic heterocycles. The lowest BCUT2D eigenvalue weighted by atomic mass is 10.5. The molecule has 1 aliphatic rings. The summed E-state index contributed by atoms with van der Waals surface area (Å²) in [6, 6.07) is 0. The first-order valence-electron chi connectivity index (χ1n) is 1.96. The van der Waals surface area contributed by atoms with E-state index in [1.165, 1.54) is 6.42 Å². The zero-order valence-electron chi connectivity index (χ0n) is 3.54. The summed E-state index contributed by atoms with van der Waals surface area (Å²) in [7, 11) is 0. The molecule has 36 valence electrons. The molecule has 0 nitrogen and oxygen atoms in total. The SMILES string of the molecule is CC1(Br)CC1Br. The molecule has 2 unspecified atom stereocenters. The second kappa shape index (κ2) is 1.22. The summed E-state index contributed by atoms with van der Waals surface area (Å²) in [5.41, 5.74) is 0. The van der Waals surface area contributed by atoms with Crippen LogP contribution in [-0.2, 0) is 0 Å². The van der Waals surface area contributed by atoms with Crippen molar-refractivity contribution in [3.63, 3.8) is 0 Å². The van der Waals surface area contributed by atoms with Crippen molar-refractivity contribution < 1.29 is 0 Å². The fraction of sp³-hybridized carbons (Fsp3) is 1.00. The van der Waals surface area contributed by atoms with Gasteiger partial charge in [-0.05, 0) is 13.3 Å². The molecule has 0 heterocycles. The summed E-state index contributed by atoms with van der Waals surface area (Å²) >= 11 is 6.96. The quantitative estimate of drug-likeness (QED) is 0.542. The Bertz CT molecular complexity index is 67.9. The first-order valence-corrected chi connectivity index (χ1v) is 3.67. The van der Waals surface area contributed by atoms with Gasteiger partial charge in [-0.2, -0.15) is 0 Å². The monoisotopic (exact) mass is 212 g/mol. The van der Waals surface area contributed by atoms with Crippen LogP contribution < -0.4 is 0 Å². The summed E-state index contributed by atoms with van der Waals surface area (Å²) in [4.78, 5) is 0.727. The summed E-state index contributed by atoms with van der Waals surface area (Å²) in [5, 5.41) is 0. The van der Waals surface area contributed by atoms with Crippen LogP contribution in [0.15, 0.2) is 0 Å². The molecule has 0 bridgehead atoms. The molecule has 0 radical (unpaired) electrons. The van der Waals surface area contributed by atoms with E-state index < -0.39 is 0 Å². The van der Waals surface area contributed by atoms with Gasteiger partial charge in [-0.3, -0.25) is 0 Å². The Morgan fingerprint density at radius 1 is 1.83 bits per heavy atom. The van der Waals surface area contributed by atoms with Gasteiger partial charge in [0.2, 0.25) is 0 Å². The van der Waals surface area contributed by atoms with Crippen LogP contribution in [0.2, 0.25) is 0 Å². The fourth-order valence-corrected chi connectivity index (χ4v) is 1.72. The Kier molecular flexibility index (Phi) is 1.04. The third-order valence-corrected chi connectivity index (χ3v) is 3.90. The van der Waals surface area contributed by atoms with Crippen molar-refractivity contribution in [2.75, 3.05) is 0 Å². The van der Waals surface area contributed by atoms with Gasteiger partial charge < -0.3 is 0 Å². The van der Waals surface area contributed by atoms with E-state index in [0.29, 0.717) is 4.32 Å². The highest BCUT2D eigenvalue weighted by Gasteiger charge is 2.45. The number of alkyl halides is 2. The number of hydrogen-bond donors (Lipinski definition) is 0. The minimum absolute atomic E-state index is 0.438. The molecule has 2 atom stereocenters. The summed E-state index contributed by atoms with van der Waals surface area (Å²) in [5.74, 6) is 0. The number of halogens is 2. The lowest BCUT2D eigenvalue weighted by Crippen LogP contribution is -1.88. The molecule has 1 aliphatic carbocycles. The minimum atomic E-state index is 0.438. The van der Waals surface area contributed by atoms with Gasteiger partial charge in [-0.1, -0.05) is 31.9 Å². The van der Waals surface area contributed by atoms with Gasteiger partial charge in [0.1, 0.15) is 0 Å². The van der Waals surface area contributed by atoms with Gasteiger partial charge in [0.05, 0.1) is 0 Å². The smallest absolute Gasteiger partial charge is 0.0366 e. The minimum Gasteiger partial charge on any atom is -0.0875 e. The molecule has 0 aromatic carbocycles. The van der Waals surface area contributed by atoms with E-state index in [4.69, 9.17) is 0 Å². The Morgan fingerprint density at radius 2 is 2.00 bits per heavy atom. The van der Waals surface area contributed by atoms with Crippen LogP contribution in [0.3, 0.4) is 0 Å². The van der Waals surface area contributed by atoms with Gasteiger partial charge in [-0.15, -0.1) is 0 Å². The van der Waals surface area contributed by atoms with E-state index in [1.54, 1.807) is 0 Å². The second-order valence-electron chi connectivity index (χ2n) is 1.95. The van der Waals surface area contributed by atoms with E-state index >= 15 is 0 Å². The lowest BCUT2D eigenvalue weighted by Gasteiger charge is -1.87. The topological polar surface area (TPSA) is 0 Å². The van der Waals surface area contributed by atoms with Crippen molar-refractivity contribution in [1.82, 2.24) is 0 Å². The van der Waals surface area contributed by atoms with Crippen molar-refractivity contribution in [3.05, 3.63) is 0 Å². The normalized spacial score (nSPS) is 55.5. The highest BCUT2D eigenvalue weighted by molar-refractivity contribution is 9.13. The molecule has 0 aromatic heterocycles. The first-order chi connectivity index (χ1) is 2.63. The van der Waals surface area contributed by atoms with Crippen molar-refractivity contribution in [1.29, 1.82) is 0 Å². The van der Waals surface area contributed by atoms with E-state index in [2.05, 4.69) is 38.8 Å². The van der Waals surface area contributed by atoms with Gasteiger partial charge in [0.15, 0.2) is 0 Å². The van der Waals surface area contributed by atoms with Crippen LogP contribution >= 0.6 is 31.9 Å². The summed E-state index contributed by atoms with van der Waals surface area (Å²) < 4.78 is 0.438. The molecule has 1 fully saturated rings. The second-order valence-corrected chi connectivity index (χ2v) is 4.87. The Balaban J connectivity index is 2.41. The Morgan fingerprint density at radius 3 is 2.00 bits per heavy atom. The van der Waals surface area contributed by atoms with Crippen molar-refractivity contribution in [2.24, 2.45) is 0 Å². The van der Waals surface area contributed by atoms with E-state index in [-0.39, 0.29) is 0 Å². The summed E-state index contributed by atoms with van der Waals surface area (Å²) in [6.45, 7) is 2.19. The van der Waals surface area contributed by atoms with Crippen LogP contribution in [-0.4, -0.2) is 9.15 Å². The maximum absolute atomic E-state index is 3.50. The van der Waals surface area contributed by atoms with Crippen LogP contribution in [0.1, 0.15) is 13.3 Å². The Hall–Kier alpha value is 0.960. The molecule has 2 heteroatoms. The van der Waals surface area contributed by atoms with E-state index in [0.717, 1.165) is 4.83 Å². The predicted octanol–water partition coefficient (Wildman–Crippen LogP) is 2.31. The maximum Gasteiger partial charge on any atom is 0.0366 e. The van der Waals surface area contributed by atoms with Gasteiger partial charge in [0, 0.05) is 9.15 Å². The third kappa shape index (κ3) is 0.784. The summed E-state index contributed by atoms with van der Waals surface area (Å²) in [6.07, 6.45) is 1.27. The Labute approximate surface area is 54.6 Å². The molecule has 0 N–H and O–H groups in total. The zero-order chi connectivity index (χ0) is 4.78. The van der Waals surface area contributed by atoms with Crippen molar-refractivity contribution >= 4 is 31.9 Å². The van der Waals surface area contributed by atoms with Crippen LogP contribution in [0.5, 0.6) is 0 Å². The van der Waals surface area contributed by atoms with Crippen molar-refractivity contribution in [3.8, 4) is 0 Å². The van der Waals surface area contributed by atoms with Gasteiger partial charge in [0.25, 0.3) is 0 Å². The maximum atomic E-state index is 3.50. The number of rotatable bonds is 0. The highest BCUT2D eigenvalue weighted by Crippen LogP contribution is 2.49. The third-order valence-electron chi connectivity index (χ3n) is 1.07. The van der Waals surface area contributed by atoms with E-state index in [1.807, 2.05) is 0 Å². The average Bonchev–Trinajstić information content (AvgIpc) is 1.73.